The van der Waals surface area contributed by atoms with E-state index in [1.807, 2.05) is 0 Å². The molecule has 0 aliphatic carbocycles. The number of methoxy groups -OCH3 is 1. The Morgan fingerprint density at radius 3 is 2.88 bits per heavy atom. The number of likely N-dealkylation sites (tertiary alicyclic amines) is 1. The number of esters is 1. The fourth-order valence-corrected chi connectivity index (χ4v) is 2.21. The van der Waals surface area contributed by atoms with Crippen molar-refractivity contribution in [1.29, 1.82) is 0 Å². The molecule has 1 aliphatic rings. The van der Waals surface area contributed by atoms with Crippen LogP contribution in [-0.4, -0.2) is 36.6 Å². The van der Waals surface area contributed by atoms with Crippen molar-refractivity contribution in [2.24, 2.45) is 0 Å². The van der Waals surface area contributed by atoms with Crippen molar-refractivity contribution in [2.45, 2.75) is 51.6 Å². The number of ether oxygens (including phenoxy) is 1. The molecule has 1 fully saturated rings. The minimum absolute atomic E-state index is 0.438. The predicted molar refractivity (Wildman–Crippen MR) is 63.9 cm³/mol. The molecule has 0 spiro atoms. The molecule has 0 aromatic heterocycles. The first kappa shape index (κ1) is 13.1. The third-order valence-electron chi connectivity index (χ3n) is 3.05. The SMILES string of the molecule is COC(=O)C#CCC1CCCCN1C(C)C. The molecule has 0 N–H and O–H groups in total. The van der Waals surface area contributed by atoms with Crippen molar-refractivity contribution >= 4 is 5.97 Å². The van der Waals surface area contributed by atoms with Gasteiger partial charge < -0.3 is 4.74 Å². The lowest BCUT2D eigenvalue weighted by Gasteiger charge is -2.37. The Labute approximate surface area is 98.1 Å². The van der Waals surface area contributed by atoms with Gasteiger partial charge in [0.25, 0.3) is 0 Å². The van der Waals surface area contributed by atoms with Crippen molar-refractivity contribution < 1.29 is 9.53 Å². The zero-order valence-electron chi connectivity index (χ0n) is 10.5. The smallest absolute Gasteiger partial charge is 0.384 e. The summed E-state index contributed by atoms with van der Waals surface area (Å²) < 4.78 is 4.49. The molecule has 0 aromatic rings. The van der Waals surface area contributed by atoms with Crippen molar-refractivity contribution in [2.75, 3.05) is 13.7 Å². The minimum atomic E-state index is -0.438. The summed E-state index contributed by atoms with van der Waals surface area (Å²) in [6.07, 6.45) is 4.51. The maximum Gasteiger partial charge on any atom is 0.384 e. The normalized spacial score (nSPS) is 21.4. The molecule has 3 heteroatoms. The Bertz CT molecular complexity index is 288. The molecule has 1 aliphatic heterocycles. The molecular weight excluding hydrogens is 202 g/mol. The van der Waals surface area contributed by atoms with Gasteiger partial charge in [-0.3, -0.25) is 4.90 Å². The van der Waals surface area contributed by atoms with Crippen LogP contribution in [0.1, 0.15) is 39.5 Å². The fraction of sp³-hybridized carbons (Fsp3) is 0.769. The lowest BCUT2D eigenvalue weighted by atomic mass is 9.98. The van der Waals surface area contributed by atoms with Crippen LogP contribution in [0.4, 0.5) is 0 Å². The average Bonchev–Trinajstić information content (AvgIpc) is 2.29. The lowest BCUT2D eigenvalue weighted by molar-refractivity contribution is -0.133. The summed E-state index contributed by atoms with van der Waals surface area (Å²) in [5.41, 5.74) is 0. The van der Waals surface area contributed by atoms with Gasteiger partial charge in [0, 0.05) is 24.4 Å². The highest BCUT2D eigenvalue weighted by Crippen LogP contribution is 2.21. The summed E-state index contributed by atoms with van der Waals surface area (Å²) in [5, 5.41) is 0. The molecule has 1 heterocycles. The zero-order valence-corrected chi connectivity index (χ0v) is 10.5. The van der Waals surface area contributed by atoms with Gasteiger partial charge in [-0.1, -0.05) is 12.3 Å². The fourth-order valence-electron chi connectivity index (χ4n) is 2.21. The molecule has 3 nitrogen and oxygen atoms in total. The molecule has 90 valence electrons. The van der Waals surface area contributed by atoms with Crippen LogP contribution in [0.3, 0.4) is 0 Å². The Morgan fingerprint density at radius 1 is 1.50 bits per heavy atom. The molecule has 1 saturated heterocycles. The summed E-state index contributed by atoms with van der Waals surface area (Å²) in [6.45, 7) is 5.58. The molecule has 0 saturated carbocycles. The van der Waals surface area contributed by atoms with Gasteiger partial charge in [-0.05, 0) is 33.2 Å². The highest BCUT2D eigenvalue weighted by Gasteiger charge is 2.23. The van der Waals surface area contributed by atoms with Gasteiger partial charge >= 0.3 is 5.97 Å². The number of piperidine rings is 1. The Hall–Kier alpha value is -1.01. The van der Waals surface area contributed by atoms with Gasteiger partial charge in [-0.15, -0.1) is 0 Å². The predicted octanol–water partition coefficient (Wildman–Crippen LogP) is 1.82. The second kappa shape index (κ2) is 6.55. The topological polar surface area (TPSA) is 29.5 Å². The van der Waals surface area contributed by atoms with E-state index in [4.69, 9.17) is 0 Å². The highest BCUT2D eigenvalue weighted by molar-refractivity contribution is 5.88. The zero-order chi connectivity index (χ0) is 12.0. The van der Waals surface area contributed by atoms with Crippen LogP contribution in [0.25, 0.3) is 0 Å². The standard InChI is InChI=1S/C13H21NO2/c1-11(2)14-10-5-4-7-12(14)8-6-9-13(15)16-3/h11-12H,4-5,7-8,10H2,1-3H3. The van der Waals surface area contributed by atoms with Crippen LogP contribution in [0, 0.1) is 11.8 Å². The van der Waals surface area contributed by atoms with E-state index in [2.05, 4.69) is 35.3 Å². The van der Waals surface area contributed by atoms with E-state index < -0.39 is 5.97 Å². The van der Waals surface area contributed by atoms with Crippen LogP contribution < -0.4 is 0 Å². The van der Waals surface area contributed by atoms with Crippen LogP contribution in [0.5, 0.6) is 0 Å². The molecule has 0 aromatic carbocycles. The summed E-state index contributed by atoms with van der Waals surface area (Å²) in [7, 11) is 1.36. The third kappa shape index (κ3) is 3.86. The summed E-state index contributed by atoms with van der Waals surface area (Å²) in [6, 6.07) is 1.07. The van der Waals surface area contributed by atoms with E-state index in [1.165, 1.54) is 26.4 Å². The first-order valence-corrected chi connectivity index (χ1v) is 5.97. The number of rotatable bonds is 2. The van der Waals surface area contributed by atoms with Crippen LogP contribution >= 0.6 is 0 Å². The molecule has 0 radical (unpaired) electrons. The van der Waals surface area contributed by atoms with Crippen molar-refractivity contribution in [3.8, 4) is 11.8 Å². The number of nitrogens with zero attached hydrogens (tertiary/aromatic N) is 1. The van der Waals surface area contributed by atoms with Crippen LogP contribution in [0.15, 0.2) is 0 Å². The van der Waals surface area contributed by atoms with E-state index in [0.29, 0.717) is 12.1 Å². The molecule has 0 amide bonds. The van der Waals surface area contributed by atoms with E-state index in [1.54, 1.807) is 0 Å². The van der Waals surface area contributed by atoms with Gasteiger partial charge in [0.05, 0.1) is 7.11 Å². The second-order valence-corrected chi connectivity index (χ2v) is 4.48. The molecule has 16 heavy (non-hydrogen) atoms. The Morgan fingerprint density at radius 2 is 2.25 bits per heavy atom. The number of hydrogen-bond donors (Lipinski definition) is 0. The third-order valence-corrected chi connectivity index (χ3v) is 3.05. The quantitative estimate of drug-likeness (QED) is 0.406. The van der Waals surface area contributed by atoms with Gasteiger partial charge in [-0.2, -0.15) is 0 Å². The Kier molecular flexibility index (Phi) is 5.34. The minimum Gasteiger partial charge on any atom is -0.459 e. The van der Waals surface area contributed by atoms with Gasteiger partial charge in [0.2, 0.25) is 0 Å². The largest absolute Gasteiger partial charge is 0.459 e. The molecule has 1 unspecified atom stereocenters. The highest BCUT2D eigenvalue weighted by atomic mass is 16.5. The summed E-state index contributed by atoms with van der Waals surface area (Å²) in [4.78, 5) is 13.3. The number of carbonyl (C=O) groups is 1. The molecular formula is C13H21NO2. The van der Waals surface area contributed by atoms with E-state index in [-0.39, 0.29) is 0 Å². The van der Waals surface area contributed by atoms with Crippen molar-refractivity contribution in [3.63, 3.8) is 0 Å². The average molecular weight is 223 g/mol. The number of hydrogen-bond acceptors (Lipinski definition) is 3. The summed E-state index contributed by atoms with van der Waals surface area (Å²) >= 11 is 0. The first-order chi connectivity index (χ1) is 7.65. The molecule has 0 bridgehead atoms. The van der Waals surface area contributed by atoms with Crippen LogP contribution in [0.2, 0.25) is 0 Å². The first-order valence-electron chi connectivity index (χ1n) is 5.97. The van der Waals surface area contributed by atoms with Crippen molar-refractivity contribution in [1.82, 2.24) is 4.90 Å². The Balaban J connectivity index is 2.49. The van der Waals surface area contributed by atoms with Gasteiger partial charge in [-0.25, -0.2) is 4.79 Å². The van der Waals surface area contributed by atoms with E-state index in [9.17, 15) is 4.79 Å². The maximum absolute atomic E-state index is 10.9. The molecule has 1 rings (SSSR count). The van der Waals surface area contributed by atoms with Crippen molar-refractivity contribution in [3.05, 3.63) is 0 Å². The monoisotopic (exact) mass is 223 g/mol. The number of carbonyl (C=O) groups excluding carboxylic acids is 1. The van der Waals surface area contributed by atoms with Gasteiger partial charge in [0.15, 0.2) is 0 Å². The van der Waals surface area contributed by atoms with Crippen LogP contribution in [-0.2, 0) is 9.53 Å². The summed E-state index contributed by atoms with van der Waals surface area (Å²) in [5.74, 6) is 4.99. The second-order valence-electron chi connectivity index (χ2n) is 4.48. The van der Waals surface area contributed by atoms with E-state index in [0.717, 1.165) is 13.0 Å². The van der Waals surface area contributed by atoms with E-state index >= 15 is 0 Å². The lowest BCUT2D eigenvalue weighted by Crippen LogP contribution is -2.43. The maximum atomic E-state index is 10.9. The molecule has 1 atom stereocenters. The van der Waals surface area contributed by atoms with Gasteiger partial charge in [0.1, 0.15) is 0 Å².